The normalized spacial score (nSPS) is 10.8. The van der Waals surface area contributed by atoms with E-state index < -0.39 is 0 Å². The average Bonchev–Trinajstić information content (AvgIpc) is 2.69. The number of carbonyl (C=O) groups excluding carboxylic acids is 1. The first-order valence-corrected chi connectivity index (χ1v) is 5.89. The predicted octanol–water partition coefficient (Wildman–Crippen LogP) is 1.39. The summed E-state index contributed by atoms with van der Waals surface area (Å²) in [6, 6.07) is 1.62. The Morgan fingerprint density at radius 1 is 1.59 bits per heavy atom. The van der Waals surface area contributed by atoms with Crippen molar-refractivity contribution >= 4 is 11.6 Å². The molecule has 1 heterocycles. The van der Waals surface area contributed by atoms with Crippen molar-refractivity contribution in [2.45, 2.75) is 20.3 Å². The molecule has 1 aromatic heterocycles. The number of anilines is 1. The molecule has 0 atom stereocenters. The van der Waals surface area contributed by atoms with Crippen molar-refractivity contribution in [2.75, 3.05) is 25.5 Å². The number of amides is 1. The molecule has 0 saturated carbocycles. The predicted molar refractivity (Wildman–Crippen MR) is 67.8 cm³/mol. The molecule has 0 saturated heterocycles. The Morgan fingerprint density at radius 3 is 2.94 bits per heavy atom. The topological polar surface area (TPSA) is 80.1 Å². The number of nitrogen functional groups attached to an aromatic ring is 1. The summed E-state index contributed by atoms with van der Waals surface area (Å²) in [5.74, 6) is 0.414. The maximum absolute atomic E-state index is 11.6. The van der Waals surface area contributed by atoms with Gasteiger partial charge in [0.25, 0.3) is 5.91 Å². The van der Waals surface area contributed by atoms with Crippen LogP contribution in [0.15, 0.2) is 12.3 Å². The van der Waals surface area contributed by atoms with Gasteiger partial charge in [-0.2, -0.15) is 0 Å². The molecule has 0 aliphatic rings. The van der Waals surface area contributed by atoms with E-state index in [9.17, 15) is 4.79 Å². The number of aromatic nitrogens is 1. The van der Waals surface area contributed by atoms with Gasteiger partial charge < -0.3 is 20.8 Å². The van der Waals surface area contributed by atoms with Crippen LogP contribution < -0.4 is 11.1 Å². The Bertz CT molecular complexity index is 347. The Kier molecular flexibility index (Phi) is 5.56. The second-order valence-electron chi connectivity index (χ2n) is 4.42. The number of rotatable bonds is 7. The van der Waals surface area contributed by atoms with Crippen molar-refractivity contribution in [1.29, 1.82) is 0 Å². The van der Waals surface area contributed by atoms with Crippen LogP contribution in [0.4, 0.5) is 5.69 Å². The second-order valence-corrected chi connectivity index (χ2v) is 4.42. The first-order chi connectivity index (χ1) is 8.09. The number of aromatic amines is 1. The maximum Gasteiger partial charge on any atom is 0.267 e. The Labute approximate surface area is 102 Å². The standard InChI is InChI=1S/C12H21N3O2/c1-9(2)8-17-5-3-4-14-12(16)11-6-10(13)7-15-11/h6-7,9,15H,3-5,8,13H2,1-2H3,(H,14,16). The van der Waals surface area contributed by atoms with Gasteiger partial charge in [0.2, 0.25) is 0 Å². The molecule has 0 bridgehead atoms. The molecule has 4 N–H and O–H groups in total. The van der Waals surface area contributed by atoms with E-state index in [1.54, 1.807) is 12.3 Å². The molecule has 0 aromatic carbocycles. The zero-order valence-corrected chi connectivity index (χ0v) is 10.5. The van der Waals surface area contributed by atoms with Crippen molar-refractivity contribution in [2.24, 2.45) is 5.92 Å². The molecule has 0 aliphatic heterocycles. The Morgan fingerprint density at radius 2 is 2.35 bits per heavy atom. The lowest BCUT2D eigenvalue weighted by molar-refractivity contribution is 0.0921. The van der Waals surface area contributed by atoms with Gasteiger partial charge in [-0.3, -0.25) is 4.79 Å². The molecule has 1 rings (SSSR count). The van der Waals surface area contributed by atoms with E-state index in [1.165, 1.54) is 0 Å². The zero-order chi connectivity index (χ0) is 12.7. The fourth-order valence-electron chi connectivity index (χ4n) is 1.33. The molecular formula is C12H21N3O2. The van der Waals surface area contributed by atoms with Crippen LogP contribution in [-0.4, -0.2) is 30.6 Å². The highest BCUT2D eigenvalue weighted by Crippen LogP contribution is 2.03. The van der Waals surface area contributed by atoms with E-state index in [0.717, 1.165) is 13.0 Å². The molecule has 1 aromatic rings. The number of hydrogen-bond donors (Lipinski definition) is 3. The maximum atomic E-state index is 11.6. The molecule has 96 valence electrons. The van der Waals surface area contributed by atoms with Gasteiger partial charge in [0, 0.05) is 31.6 Å². The van der Waals surface area contributed by atoms with Crippen LogP contribution in [0.5, 0.6) is 0 Å². The first-order valence-electron chi connectivity index (χ1n) is 5.89. The van der Waals surface area contributed by atoms with Crippen LogP contribution in [0.2, 0.25) is 0 Å². The highest BCUT2D eigenvalue weighted by Gasteiger charge is 2.06. The number of H-pyrrole nitrogens is 1. The molecule has 5 nitrogen and oxygen atoms in total. The number of ether oxygens (including phenoxy) is 1. The van der Waals surface area contributed by atoms with Gasteiger partial charge in [0.05, 0.1) is 0 Å². The molecule has 1 amide bonds. The SMILES string of the molecule is CC(C)COCCCNC(=O)c1cc(N)c[nH]1. The molecule has 0 spiro atoms. The van der Waals surface area contributed by atoms with Gasteiger partial charge in [-0.05, 0) is 18.4 Å². The van der Waals surface area contributed by atoms with Crippen LogP contribution in [0.1, 0.15) is 30.8 Å². The van der Waals surface area contributed by atoms with Gasteiger partial charge in [-0.25, -0.2) is 0 Å². The van der Waals surface area contributed by atoms with Crippen molar-refractivity contribution in [1.82, 2.24) is 10.3 Å². The molecule has 0 aliphatic carbocycles. The van der Waals surface area contributed by atoms with Crippen LogP contribution in [0.3, 0.4) is 0 Å². The highest BCUT2D eigenvalue weighted by atomic mass is 16.5. The third kappa shape index (κ3) is 5.40. The lowest BCUT2D eigenvalue weighted by Crippen LogP contribution is -2.25. The molecule has 0 unspecified atom stereocenters. The number of carbonyl (C=O) groups is 1. The first kappa shape index (κ1) is 13.6. The fourth-order valence-corrected chi connectivity index (χ4v) is 1.33. The van der Waals surface area contributed by atoms with Gasteiger partial charge >= 0.3 is 0 Å². The minimum absolute atomic E-state index is 0.134. The average molecular weight is 239 g/mol. The minimum atomic E-state index is -0.134. The summed E-state index contributed by atoms with van der Waals surface area (Å²) < 4.78 is 5.41. The largest absolute Gasteiger partial charge is 0.397 e. The highest BCUT2D eigenvalue weighted by molar-refractivity contribution is 5.93. The Hall–Kier alpha value is -1.49. The van der Waals surface area contributed by atoms with Gasteiger partial charge in [0.15, 0.2) is 0 Å². The van der Waals surface area contributed by atoms with Crippen molar-refractivity contribution in [3.63, 3.8) is 0 Å². The molecule has 0 radical (unpaired) electrons. The number of nitrogens with two attached hydrogens (primary N) is 1. The van der Waals surface area contributed by atoms with E-state index in [2.05, 4.69) is 24.1 Å². The minimum Gasteiger partial charge on any atom is -0.397 e. The van der Waals surface area contributed by atoms with E-state index in [4.69, 9.17) is 10.5 Å². The van der Waals surface area contributed by atoms with E-state index in [0.29, 0.717) is 30.5 Å². The van der Waals surface area contributed by atoms with Crippen molar-refractivity contribution in [3.8, 4) is 0 Å². The monoisotopic (exact) mass is 239 g/mol. The summed E-state index contributed by atoms with van der Waals surface area (Å²) in [7, 11) is 0. The van der Waals surface area contributed by atoms with Gasteiger partial charge in [0.1, 0.15) is 5.69 Å². The lowest BCUT2D eigenvalue weighted by Gasteiger charge is -2.07. The van der Waals surface area contributed by atoms with Gasteiger partial charge in [-0.1, -0.05) is 13.8 Å². The fraction of sp³-hybridized carbons (Fsp3) is 0.583. The van der Waals surface area contributed by atoms with Crippen LogP contribution in [0.25, 0.3) is 0 Å². The summed E-state index contributed by atoms with van der Waals surface area (Å²) in [5, 5.41) is 2.79. The molecular weight excluding hydrogens is 218 g/mol. The quantitative estimate of drug-likeness (QED) is 0.629. The molecule has 0 fully saturated rings. The van der Waals surface area contributed by atoms with E-state index in [-0.39, 0.29) is 5.91 Å². The zero-order valence-electron chi connectivity index (χ0n) is 10.5. The molecule has 5 heteroatoms. The summed E-state index contributed by atoms with van der Waals surface area (Å²) in [4.78, 5) is 14.4. The third-order valence-corrected chi connectivity index (χ3v) is 2.15. The Balaban J connectivity index is 2.09. The van der Waals surface area contributed by atoms with Crippen LogP contribution >= 0.6 is 0 Å². The molecule has 17 heavy (non-hydrogen) atoms. The van der Waals surface area contributed by atoms with Crippen LogP contribution in [-0.2, 0) is 4.74 Å². The van der Waals surface area contributed by atoms with E-state index >= 15 is 0 Å². The summed E-state index contributed by atoms with van der Waals surface area (Å²) in [6.07, 6.45) is 2.41. The second kappa shape index (κ2) is 6.96. The number of nitrogens with one attached hydrogen (secondary N) is 2. The van der Waals surface area contributed by atoms with E-state index in [1.807, 2.05) is 0 Å². The van der Waals surface area contributed by atoms with Crippen molar-refractivity contribution in [3.05, 3.63) is 18.0 Å². The summed E-state index contributed by atoms with van der Waals surface area (Å²) in [6.45, 7) is 6.26. The van der Waals surface area contributed by atoms with Crippen molar-refractivity contribution < 1.29 is 9.53 Å². The van der Waals surface area contributed by atoms with Gasteiger partial charge in [-0.15, -0.1) is 0 Å². The lowest BCUT2D eigenvalue weighted by atomic mass is 10.2. The summed E-state index contributed by atoms with van der Waals surface area (Å²) >= 11 is 0. The summed E-state index contributed by atoms with van der Waals surface area (Å²) in [5.41, 5.74) is 6.56. The van der Waals surface area contributed by atoms with Crippen LogP contribution in [0, 0.1) is 5.92 Å². The number of hydrogen-bond acceptors (Lipinski definition) is 3. The third-order valence-electron chi connectivity index (χ3n) is 2.15. The smallest absolute Gasteiger partial charge is 0.267 e.